The highest BCUT2D eigenvalue weighted by Gasteiger charge is 2.08. The van der Waals surface area contributed by atoms with Gasteiger partial charge < -0.3 is 15.7 Å². The van der Waals surface area contributed by atoms with Crippen LogP contribution < -0.4 is 15.7 Å². The zero-order chi connectivity index (χ0) is 7.82. The summed E-state index contributed by atoms with van der Waals surface area (Å²) in [4.78, 5) is 0. The third-order valence-electron chi connectivity index (χ3n) is 0.704. The molecule has 10 heavy (non-hydrogen) atoms. The van der Waals surface area contributed by atoms with Crippen molar-refractivity contribution in [3.8, 4) is 0 Å². The number of hydrogen-bond donors (Lipinski definition) is 3. The molecule has 0 aliphatic carbocycles. The molecule has 0 amide bonds. The van der Waals surface area contributed by atoms with Crippen LogP contribution in [0.2, 0.25) is 0 Å². The van der Waals surface area contributed by atoms with Crippen LogP contribution in [0, 0.1) is 0 Å². The summed E-state index contributed by atoms with van der Waals surface area (Å²) in [6.07, 6.45) is 0. The second-order valence-electron chi connectivity index (χ2n) is 1.29. The molecule has 0 aliphatic heterocycles. The van der Waals surface area contributed by atoms with Gasteiger partial charge in [0, 0.05) is 0 Å². The minimum Gasteiger partial charge on any atom is -0.387 e. The van der Waals surface area contributed by atoms with Gasteiger partial charge in [-0.15, -0.1) is 0 Å². The molecule has 0 fully saturated rings. The van der Waals surface area contributed by atoms with Crippen LogP contribution in [0.5, 0.6) is 0 Å². The van der Waals surface area contributed by atoms with Crippen molar-refractivity contribution in [2.45, 2.75) is 0 Å². The van der Waals surface area contributed by atoms with E-state index in [1.54, 1.807) is 0 Å². The lowest BCUT2D eigenvalue weighted by atomic mass is 9.97. The molecule has 0 aromatic rings. The summed E-state index contributed by atoms with van der Waals surface area (Å²) in [5, 5.41) is 8.27. The highest BCUT2D eigenvalue weighted by Crippen LogP contribution is 1.58. The Kier molecular flexibility index (Phi) is 6.67. The smallest absolute Gasteiger partial charge is 0.387 e. The normalized spacial score (nSPS) is 7.20. The van der Waals surface area contributed by atoms with Crippen molar-refractivity contribution >= 4 is 60.2 Å². The van der Waals surface area contributed by atoms with E-state index in [1.165, 1.54) is 16.5 Å². The Morgan fingerprint density at radius 2 is 1.10 bits per heavy atom. The Morgan fingerprint density at radius 3 is 1.30 bits per heavy atom. The number of thiocarbonyl (C=S) groups is 3. The van der Waals surface area contributed by atoms with Crippen LogP contribution in [-0.4, -0.2) is 23.6 Å². The molecule has 0 unspecified atom stereocenters. The van der Waals surface area contributed by atoms with Crippen LogP contribution in [-0.2, 0) is 0 Å². The van der Waals surface area contributed by atoms with Gasteiger partial charge in [-0.3, -0.25) is 0 Å². The van der Waals surface area contributed by atoms with Crippen LogP contribution in [0.15, 0.2) is 0 Å². The lowest BCUT2D eigenvalue weighted by molar-refractivity contribution is 1.24. The topological polar surface area (TPSA) is 36.1 Å². The molecule has 54 valence electrons. The van der Waals surface area contributed by atoms with Crippen LogP contribution in [0.25, 0.3) is 0 Å². The van der Waals surface area contributed by atoms with Gasteiger partial charge in [-0.25, -0.2) is 0 Å². The van der Waals surface area contributed by atoms with Gasteiger partial charge in [0.25, 0.3) is 0 Å². The molecule has 0 aliphatic rings. The fourth-order valence-corrected chi connectivity index (χ4v) is 0.757. The molecule has 3 nitrogen and oxygen atoms in total. The summed E-state index contributed by atoms with van der Waals surface area (Å²) in [5.41, 5.74) is 4.13. The van der Waals surface area contributed by atoms with Crippen LogP contribution >= 0.6 is 36.7 Å². The fourth-order valence-electron chi connectivity index (χ4n) is 0.348. The first-order chi connectivity index (χ1) is 4.85. The maximum absolute atomic E-state index is 4.54. The quantitative estimate of drug-likeness (QED) is 0.392. The van der Waals surface area contributed by atoms with Gasteiger partial charge in [0.1, 0.15) is 0 Å². The third-order valence-corrected chi connectivity index (χ3v) is 1.11. The molecule has 0 bridgehead atoms. The molecule has 7 heteroatoms. The average molecular weight is 191 g/mol. The number of nitrogens with one attached hydrogen (secondary N) is 3. The first kappa shape index (κ1) is 9.73. The lowest BCUT2D eigenvalue weighted by Crippen LogP contribution is -2.56. The molecular weight excluding hydrogens is 185 g/mol. The Balaban J connectivity index is 3.58. The van der Waals surface area contributed by atoms with Gasteiger partial charge in [0.2, 0.25) is 0 Å². The third kappa shape index (κ3) is 4.60. The fraction of sp³-hybridized carbons (Fsp3) is 0. The minimum absolute atomic E-state index is 0.201. The Morgan fingerprint density at radius 1 is 0.800 bits per heavy atom. The highest BCUT2D eigenvalue weighted by molar-refractivity contribution is 7.79. The van der Waals surface area contributed by atoms with E-state index in [0.717, 1.165) is 0 Å². The van der Waals surface area contributed by atoms with E-state index in [4.69, 9.17) is 0 Å². The second kappa shape index (κ2) is 6.85. The van der Waals surface area contributed by atoms with Crippen molar-refractivity contribution in [3.05, 3.63) is 0 Å². The van der Waals surface area contributed by atoms with E-state index >= 15 is 0 Å². The summed E-state index contributed by atoms with van der Waals surface area (Å²) in [6, 6.07) is 0. The van der Waals surface area contributed by atoms with Gasteiger partial charge in [0.15, 0.2) is 0 Å². The van der Waals surface area contributed by atoms with E-state index in [1.807, 2.05) is 0 Å². The highest BCUT2D eigenvalue weighted by atomic mass is 32.1. The second-order valence-corrected chi connectivity index (χ2v) is 1.99. The molecule has 0 saturated carbocycles. The molecule has 0 aromatic carbocycles. The monoisotopic (exact) mass is 191 g/mol. The molecule has 0 rings (SSSR count). The minimum atomic E-state index is -0.201. The van der Waals surface area contributed by atoms with Crippen molar-refractivity contribution in [3.63, 3.8) is 0 Å². The van der Waals surface area contributed by atoms with Crippen LogP contribution in [0.1, 0.15) is 0 Å². The molecule has 0 heterocycles. The van der Waals surface area contributed by atoms with Crippen molar-refractivity contribution < 1.29 is 0 Å². The summed E-state index contributed by atoms with van der Waals surface area (Å²) >= 11 is 13.6. The molecular formula is C3H6BN3S3. The van der Waals surface area contributed by atoms with E-state index in [0.29, 0.717) is 0 Å². The summed E-state index contributed by atoms with van der Waals surface area (Å²) < 4.78 is 0. The van der Waals surface area contributed by atoms with Gasteiger partial charge >= 0.3 is 7.12 Å². The predicted octanol–water partition coefficient (Wildman–Crippen LogP) is -0.388. The Bertz CT molecular complexity index is 106. The average Bonchev–Trinajstić information content (AvgIpc) is 1.90. The van der Waals surface area contributed by atoms with Gasteiger partial charge in [-0.2, -0.15) is 0 Å². The molecule has 0 saturated heterocycles. The van der Waals surface area contributed by atoms with E-state index in [9.17, 15) is 0 Å². The molecule has 3 N–H and O–H groups in total. The van der Waals surface area contributed by atoms with Crippen LogP contribution in [0.3, 0.4) is 0 Å². The maximum Gasteiger partial charge on any atom is 0.497 e. The molecule has 0 radical (unpaired) electrons. The van der Waals surface area contributed by atoms with Gasteiger partial charge in [0.05, 0.1) is 16.5 Å². The molecule has 0 atom stereocenters. The Labute approximate surface area is 76.1 Å². The lowest BCUT2D eigenvalue weighted by Gasteiger charge is -2.08. The SMILES string of the molecule is S=CNB(NC=S)NC=S. The zero-order valence-electron chi connectivity index (χ0n) is 5.03. The number of hydrogen-bond acceptors (Lipinski definition) is 3. The van der Waals surface area contributed by atoms with Gasteiger partial charge in [-0.05, 0) is 0 Å². The standard InChI is InChI=1S/C3H6BN3S3/c8-1-5-4(6-2-9)7-3-10/h1-3H,(H,5,8)(H,6,9)(H,7,10). The predicted molar refractivity (Wildman–Crippen MR) is 56.1 cm³/mol. The summed E-state index contributed by atoms with van der Waals surface area (Å²) in [7, 11) is -0.201. The van der Waals surface area contributed by atoms with Crippen LogP contribution in [0.4, 0.5) is 0 Å². The van der Waals surface area contributed by atoms with Crippen molar-refractivity contribution in [2.75, 3.05) is 0 Å². The van der Waals surface area contributed by atoms with Crippen molar-refractivity contribution in [1.82, 2.24) is 15.7 Å². The zero-order valence-corrected chi connectivity index (χ0v) is 7.48. The van der Waals surface area contributed by atoms with E-state index in [-0.39, 0.29) is 7.12 Å². The van der Waals surface area contributed by atoms with E-state index < -0.39 is 0 Å². The van der Waals surface area contributed by atoms with Gasteiger partial charge in [-0.1, -0.05) is 36.7 Å². The van der Waals surface area contributed by atoms with Crippen molar-refractivity contribution in [2.24, 2.45) is 0 Å². The molecule has 0 aromatic heterocycles. The Hall–Kier alpha value is -0.265. The van der Waals surface area contributed by atoms with E-state index in [2.05, 4.69) is 52.3 Å². The first-order valence-corrected chi connectivity index (χ1v) is 3.85. The maximum atomic E-state index is 4.54. The summed E-state index contributed by atoms with van der Waals surface area (Å²) in [6.45, 7) is 0. The largest absolute Gasteiger partial charge is 0.497 e. The number of rotatable bonds is 6. The van der Waals surface area contributed by atoms with Crippen molar-refractivity contribution in [1.29, 1.82) is 0 Å². The first-order valence-electron chi connectivity index (χ1n) is 2.44. The summed E-state index contributed by atoms with van der Waals surface area (Å²) in [5.74, 6) is 0. The molecule has 0 spiro atoms.